The van der Waals surface area contributed by atoms with Crippen molar-refractivity contribution in [2.75, 3.05) is 13.4 Å². The largest absolute Gasteiger partial charge is 0.497 e. The van der Waals surface area contributed by atoms with E-state index in [2.05, 4.69) is 11.8 Å². The minimum absolute atomic E-state index is 0.164. The number of allylic oxidation sites excluding steroid dienone is 2. The van der Waals surface area contributed by atoms with Gasteiger partial charge in [0.2, 0.25) is 9.84 Å². The number of hydrogen-bond acceptors (Lipinski definition) is 4. The van der Waals surface area contributed by atoms with Crippen molar-refractivity contribution in [3.05, 3.63) is 82.1 Å². The zero-order valence-corrected chi connectivity index (χ0v) is 16.5. The van der Waals surface area contributed by atoms with Crippen LogP contribution in [-0.2, 0) is 9.84 Å². The average molecular weight is 385 g/mol. The summed E-state index contributed by atoms with van der Waals surface area (Å²) in [5, 5.41) is 1.73. The van der Waals surface area contributed by atoms with E-state index < -0.39 is 9.84 Å². The maximum Gasteiger partial charge on any atom is 0.207 e. The third kappa shape index (κ3) is 5.29. The fraction of sp³-hybridized carbons (Fsp3) is 0.143. The minimum Gasteiger partial charge on any atom is -0.497 e. The van der Waals surface area contributed by atoms with Crippen LogP contribution in [-0.4, -0.2) is 21.8 Å². The molecule has 0 aromatic heterocycles. The topological polar surface area (TPSA) is 43.4 Å². The zero-order chi connectivity index (χ0) is 19.0. The standard InChI is InChI=1S/C21H20O3S2/c1-17-7-13-21(14-8-17)26(22,23)20(15-16-25-3)6-4-5-18-9-11-19(24-2)12-10-18/h6-16H,1-3H3/b16-15+,20-6+. The lowest BCUT2D eigenvalue weighted by Gasteiger charge is -2.05. The first-order valence-electron chi connectivity index (χ1n) is 7.84. The molecule has 0 aliphatic rings. The third-order valence-electron chi connectivity index (χ3n) is 3.53. The quantitative estimate of drug-likeness (QED) is 0.559. The first-order chi connectivity index (χ1) is 12.5. The van der Waals surface area contributed by atoms with E-state index in [4.69, 9.17) is 4.74 Å². The van der Waals surface area contributed by atoms with Crippen LogP contribution >= 0.6 is 11.8 Å². The van der Waals surface area contributed by atoms with E-state index in [9.17, 15) is 8.42 Å². The summed E-state index contributed by atoms with van der Waals surface area (Å²) in [6.45, 7) is 1.92. The highest BCUT2D eigenvalue weighted by Crippen LogP contribution is 2.21. The number of ether oxygens (including phenoxy) is 1. The first-order valence-corrected chi connectivity index (χ1v) is 10.6. The van der Waals surface area contributed by atoms with Gasteiger partial charge in [0.1, 0.15) is 5.75 Å². The van der Waals surface area contributed by atoms with Crippen LogP contribution in [0.2, 0.25) is 0 Å². The first kappa shape index (κ1) is 19.9. The molecule has 2 aromatic carbocycles. The van der Waals surface area contributed by atoms with E-state index in [0.717, 1.165) is 16.9 Å². The van der Waals surface area contributed by atoms with Gasteiger partial charge in [-0.05, 0) is 61.1 Å². The van der Waals surface area contributed by atoms with Gasteiger partial charge < -0.3 is 4.74 Å². The summed E-state index contributed by atoms with van der Waals surface area (Å²) in [6, 6.07) is 14.1. The molecule has 0 N–H and O–H groups in total. The Bertz CT molecular complexity index is 957. The van der Waals surface area contributed by atoms with Crippen LogP contribution in [0.3, 0.4) is 0 Å². The van der Waals surface area contributed by atoms with Crippen molar-refractivity contribution in [1.82, 2.24) is 0 Å². The lowest BCUT2D eigenvalue weighted by molar-refractivity contribution is 0.415. The number of sulfone groups is 1. The van der Waals surface area contributed by atoms with E-state index in [0.29, 0.717) is 0 Å². The molecule has 0 unspecified atom stereocenters. The van der Waals surface area contributed by atoms with Gasteiger partial charge >= 0.3 is 0 Å². The number of methoxy groups -OCH3 is 1. The molecule has 3 nitrogen and oxygen atoms in total. The fourth-order valence-corrected chi connectivity index (χ4v) is 3.67. The van der Waals surface area contributed by atoms with Gasteiger partial charge in [-0.25, -0.2) is 8.42 Å². The smallest absolute Gasteiger partial charge is 0.207 e. The molecule has 2 rings (SSSR count). The lowest BCUT2D eigenvalue weighted by Crippen LogP contribution is -2.03. The highest BCUT2D eigenvalue weighted by molar-refractivity contribution is 8.01. The molecule has 0 saturated carbocycles. The van der Waals surface area contributed by atoms with Gasteiger partial charge in [0.05, 0.1) is 16.9 Å². The van der Waals surface area contributed by atoms with Crippen LogP contribution in [0.25, 0.3) is 0 Å². The predicted octanol–water partition coefficient (Wildman–Crippen LogP) is 4.59. The van der Waals surface area contributed by atoms with Crippen LogP contribution in [0.5, 0.6) is 5.75 Å². The van der Waals surface area contributed by atoms with Crippen molar-refractivity contribution in [2.45, 2.75) is 11.8 Å². The molecule has 0 aliphatic carbocycles. The van der Waals surface area contributed by atoms with Crippen LogP contribution in [0.1, 0.15) is 11.1 Å². The van der Waals surface area contributed by atoms with Crippen molar-refractivity contribution in [2.24, 2.45) is 0 Å². The molecule has 0 atom stereocenters. The molecule has 0 saturated heterocycles. The Balaban J connectivity index is 2.37. The summed E-state index contributed by atoms with van der Waals surface area (Å²) in [5.74, 6) is 6.54. The number of aryl methyl sites for hydroxylation is 1. The average Bonchev–Trinajstić information content (AvgIpc) is 2.65. The molecule has 2 aromatic rings. The summed E-state index contributed by atoms with van der Waals surface area (Å²) in [7, 11) is -2.02. The number of rotatable bonds is 5. The second-order valence-electron chi connectivity index (χ2n) is 5.40. The van der Waals surface area contributed by atoms with Crippen LogP contribution in [0.4, 0.5) is 0 Å². The molecule has 0 heterocycles. The van der Waals surface area contributed by atoms with Crippen LogP contribution in [0.15, 0.2) is 75.9 Å². The maximum atomic E-state index is 12.9. The molecule has 0 bridgehead atoms. The second-order valence-corrected chi connectivity index (χ2v) is 8.09. The summed E-state index contributed by atoms with van der Waals surface area (Å²) in [5.41, 5.74) is 1.79. The molecule has 26 heavy (non-hydrogen) atoms. The van der Waals surface area contributed by atoms with Gasteiger partial charge in [-0.3, -0.25) is 0 Å². The van der Waals surface area contributed by atoms with E-state index in [-0.39, 0.29) is 9.80 Å². The number of benzene rings is 2. The Morgan fingerprint density at radius 2 is 1.73 bits per heavy atom. The van der Waals surface area contributed by atoms with Crippen molar-refractivity contribution >= 4 is 21.6 Å². The Kier molecular flexibility index (Phi) is 7.14. The SMILES string of the molecule is COc1ccc(C#C/C=C(\C=C\SC)S(=O)(=O)c2ccc(C)cc2)cc1. The van der Waals surface area contributed by atoms with Crippen molar-refractivity contribution in [3.8, 4) is 17.6 Å². The van der Waals surface area contributed by atoms with Gasteiger partial charge in [0.15, 0.2) is 0 Å². The molecule has 5 heteroatoms. The summed E-state index contributed by atoms with van der Waals surface area (Å²) in [6.07, 6.45) is 4.88. The maximum absolute atomic E-state index is 12.9. The number of thioether (sulfide) groups is 1. The van der Waals surface area contributed by atoms with Crippen molar-refractivity contribution in [3.63, 3.8) is 0 Å². The molecule has 134 valence electrons. The molecule has 0 fully saturated rings. The third-order valence-corrected chi connectivity index (χ3v) is 5.71. The van der Waals surface area contributed by atoms with E-state index in [1.165, 1.54) is 17.8 Å². The van der Waals surface area contributed by atoms with Gasteiger partial charge in [-0.2, -0.15) is 0 Å². The Morgan fingerprint density at radius 1 is 1.08 bits per heavy atom. The normalized spacial score (nSPS) is 11.9. The van der Waals surface area contributed by atoms with E-state index in [1.807, 2.05) is 37.4 Å². The van der Waals surface area contributed by atoms with Crippen molar-refractivity contribution < 1.29 is 13.2 Å². The monoisotopic (exact) mass is 384 g/mol. The Hall–Kier alpha value is -2.42. The lowest BCUT2D eigenvalue weighted by atomic mass is 10.2. The molecular formula is C21H20O3S2. The zero-order valence-electron chi connectivity index (χ0n) is 14.9. The molecule has 0 spiro atoms. The Morgan fingerprint density at radius 3 is 2.31 bits per heavy atom. The molecular weight excluding hydrogens is 364 g/mol. The number of hydrogen-bond donors (Lipinski definition) is 0. The van der Waals surface area contributed by atoms with Crippen LogP contribution < -0.4 is 4.74 Å². The summed E-state index contributed by atoms with van der Waals surface area (Å²) < 4.78 is 30.8. The fourth-order valence-electron chi connectivity index (χ4n) is 2.07. The summed E-state index contributed by atoms with van der Waals surface area (Å²) >= 11 is 1.43. The van der Waals surface area contributed by atoms with E-state index >= 15 is 0 Å². The highest BCUT2D eigenvalue weighted by atomic mass is 32.2. The van der Waals surface area contributed by atoms with E-state index in [1.54, 1.807) is 42.9 Å². The second kappa shape index (κ2) is 9.33. The molecule has 0 aliphatic heterocycles. The van der Waals surface area contributed by atoms with Gasteiger partial charge in [-0.15, -0.1) is 11.8 Å². The van der Waals surface area contributed by atoms with Crippen molar-refractivity contribution in [1.29, 1.82) is 0 Å². The van der Waals surface area contributed by atoms with Crippen LogP contribution in [0, 0.1) is 18.8 Å². The summed E-state index contributed by atoms with van der Waals surface area (Å²) in [4.78, 5) is 0.420. The Labute approximate surface area is 159 Å². The minimum atomic E-state index is -3.62. The van der Waals surface area contributed by atoms with Gasteiger partial charge in [0.25, 0.3) is 0 Å². The van der Waals surface area contributed by atoms with Gasteiger partial charge in [-0.1, -0.05) is 29.5 Å². The predicted molar refractivity (Wildman–Crippen MR) is 109 cm³/mol. The molecule has 0 radical (unpaired) electrons. The van der Waals surface area contributed by atoms with Gasteiger partial charge in [0, 0.05) is 11.6 Å². The highest BCUT2D eigenvalue weighted by Gasteiger charge is 2.18. The molecule has 0 amide bonds.